The topological polar surface area (TPSA) is 55.1 Å². The average Bonchev–Trinajstić information content (AvgIpc) is 2.19. The van der Waals surface area contributed by atoms with Crippen molar-refractivity contribution in [2.75, 3.05) is 5.32 Å². The normalized spacial score (nSPS) is 12.5. The third kappa shape index (κ3) is 6.32. The molecule has 108 valence electrons. The Labute approximate surface area is 126 Å². The SMILES string of the molecule is Cc1cc(SC(C)(C)C)ccc1NC(=O)[C@H](C)N.Cl. The van der Waals surface area contributed by atoms with Crippen LogP contribution in [-0.4, -0.2) is 16.7 Å². The highest BCUT2D eigenvalue weighted by Crippen LogP contribution is 2.33. The number of hydrogen-bond donors (Lipinski definition) is 2. The molecule has 3 nitrogen and oxygen atoms in total. The molecule has 0 fully saturated rings. The summed E-state index contributed by atoms with van der Waals surface area (Å²) in [7, 11) is 0. The second-order valence-corrected chi connectivity index (χ2v) is 7.37. The Hall–Kier alpha value is -0.710. The first-order valence-corrected chi connectivity index (χ1v) is 6.87. The van der Waals surface area contributed by atoms with Crippen LogP contribution in [0, 0.1) is 6.92 Å². The standard InChI is InChI=1S/C14H22N2OS.ClH/c1-9-8-11(18-14(3,4)5)6-7-12(9)16-13(17)10(2)15;/h6-8,10H,15H2,1-5H3,(H,16,17);1H/t10-;/m0./s1. The highest BCUT2D eigenvalue weighted by molar-refractivity contribution is 8.00. The summed E-state index contributed by atoms with van der Waals surface area (Å²) >= 11 is 1.81. The summed E-state index contributed by atoms with van der Waals surface area (Å²) in [5.41, 5.74) is 7.41. The van der Waals surface area contributed by atoms with Crippen LogP contribution in [0.1, 0.15) is 33.3 Å². The van der Waals surface area contributed by atoms with Gasteiger partial charge in [0.2, 0.25) is 5.91 Å². The Balaban J connectivity index is 0.00000324. The third-order valence-corrected chi connectivity index (χ3v) is 3.40. The van der Waals surface area contributed by atoms with Gasteiger partial charge in [0.05, 0.1) is 6.04 Å². The van der Waals surface area contributed by atoms with Crippen molar-refractivity contribution < 1.29 is 4.79 Å². The maximum atomic E-state index is 11.5. The Bertz CT molecular complexity index is 442. The first-order valence-electron chi connectivity index (χ1n) is 6.05. The molecule has 0 aliphatic heterocycles. The Morgan fingerprint density at radius 3 is 2.37 bits per heavy atom. The zero-order valence-electron chi connectivity index (χ0n) is 12.1. The van der Waals surface area contributed by atoms with Gasteiger partial charge in [-0.25, -0.2) is 0 Å². The van der Waals surface area contributed by atoms with E-state index >= 15 is 0 Å². The van der Waals surface area contributed by atoms with Crippen molar-refractivity contribution in [1.29, 1.82) is 0 Å². The fourth-order valence-corrected chi connectivity index (χ4v) is 2.52. The highest BCUT2D eigenvalue weighted by Gasteiger charge is 2.13. The first-order chi connectivity index (χ1) is 8.19. The van der Waals surface area contributed by atoms with E-state index in [9.17, 15) is 4.79 Å². The first kappa shape index (κ1) is 18.3. The van der Waals surface area contributed by atoms with Crippen LogP contribution in [0.5, 0.6) is 0 Å². The van der Waals surface area contributed by atoms with E-state index in [1.54, 1.807) is 6.92 Å². The molecule has 0 bridgehead atoms. The minimum absolute atomic E-state index is 0. The third-order valence-electron chi connectivity index (χ3n) is 2.29. The molecule has 0 heterocycles. The quantitative estimate of drug-likeness (QED) is 0.839. The number of carbonyl (C=O) groups is 1. The average molecular weight is 303 g/mol. The smallest absolute Gasteiger partial charge is 0.241 e. The van der Waals surface area contributed by atoms with Gasteiger partial charge >= 0.3 is 0 Å². The molecule has 1 atom stereocenters. The van der Waals surface area contributed by atoms with Gasteiger partial charge in [-0.1, -0.05) is 20.8 Å². The van der Waals surface area contributed by atoms with Crippen LogP contribution in [0.15, 0.2) is 23.1 Å². The van der Waals surface area contributed by atoms with Crippen molar-refractivity contribution in [3.05, 3.63) is 23.8 Å². The maximum Gasteiger partial charge on any atom is 0.241 e. The molecule has 0 saturated heterocycles. The molecule has 1 rings (SSSR count). The van der Waals surface area contributed by atoms with E-state index in [0.717, 1.165) is 11.3 Å². The van der Waals surface area contributed by atoms with Crippen molar-refractivity contribution in [2.45, 2.75) is 50.3 Å². The van der Waals surface area contributed by atoms with Crippen LogP contribution in [0.3, 0.4) is 0 Å². The number of rotatable bonds is 3. The second-order valence-electron chi connectivity index (χ2n) is 5.47. The molecule has 0 spiro atoms. The fourth-order valence-electron chi connectivity index (χ4n) is 1.44. The van der Waals surface area contributed by atoms with Gasteiger partial charge in [-0.05, 0) is 37.6 Å². The van der Waals surface area contributed by atoms with Crippen molar-refractivity contribution in [3.63, 3.8) is 0 Å². The molecule has 3 N–H and O–H groups in total. The molecule has 0 aromatic heterocycles. The molecule has 5 heteroatoms. The fraction of sp³-hybridized carbons (Fsp3) is 0.500. The summed E-state index contributed by atoms with van der Waals surface area (Å²) in [5.74, 6) is -0.158. The molecule has 0 radical (unpaired) electrons. The van der Waals surface area contributed by atoms with Crippen molar-refractivity contribution in [1.82, 2.24) is 0 Å². The summed E-state index contributed by atoms with van der Waals surface area (Å²) in [6.07, 6.45) is 0. The lowest BCUT2D eigenvalue weighted by Crippen LogP contribution is -2.32. The lowest BCUT2D eigenvalue weighted by atomic mass is 10.2. The van der Waals surface area contributed by atoms with Gasteiger partial charge in [-0.2, -0.15) is 0 Å². The minimum Gasteiger partial charge on any atom is -0.325 e. The molecule has 1 aromatic carbocycles. The van der Waals surface area contributed by atoms with E-state index < -0.39 is 6.04 Å². The number of aryl methyl sites for hydroxylation is 1. The monoisotopic (exact) mass is 302 g/mol. The number of carbonyl (C=O) groups excluding carboxylic acids is 1. The molecule has 0 aliphatic carbocycles. The lowest BCUT2D eigenvalue weighted by Gasteiger charge is -2.18. The van der Waals surface area contributed by atoms with Crippen LogP contribution >= 0.6 is 24.2 Å². The van der Waals surface area contributed by atoms with Gasteiger partial charge in [0, 0.05) is 15.3 Å². The number of nitrogens with two attached hydrogens (primary N) is 1. The largest absolute Gasteiger partial charge is 0.325 e. The van der Waals surface area contributed by atoms with Crippen LogP contribution in [0.2, 0.25) is 0 Å². The second kappa shape index (κ2) is 7.17. The number of benzene rings is 1. The predicted molar refractivity (Wildman–Crippen MR) is 86.3 cm³/mol. The van der Waals surface area contributed by atoms with Gasteiger partial charge in [-0.3, -0.25) is 4.79 Å². The summed E-state index contributed by atoms with van der Waals surface area (Å²) in [4.78, 5) is 12.7. The molecule has 1 amide bonds. The van der Waals surface area contributed by atoms with Gasteiger partial charge in [0.25, 0.3) is 0 Å². The lowest BCUT2D eigenvalue weighted by molar-refractivity contribution is -0.117. The summed E-state index contributed by atoms with van der Waals surface area (Å²) in [6, 6.07) is 5.56. The summed E-state index contributed by atoms with van der Waals surface area (Å²) in [6.45, 7) is 10.2. The molecule has 0 aliphatic rings. The van der Waals surface area contributed by atoms with Gasteiger partial charge in [0.1, 0.15) is 0 Å². The molecule has 1 aromatic rings. The number of halogens is 1. The Morgan fingerprint density at radius 1 is 1.37 bits per heavy atom. The van der Waals surface area contributed by atoms with Crippen LogP contribution in [0.25, 0.3) is 0 Å². The van der Waals surface area contributed by atoms with Gasteiger partial charge in [0.15, 0.2) is 0 Å². The molecular formula is C14H23ClN2OS. The number of nitrogens with one attached hydrogen (secondary N) is 1. The molecular weight excluding hydrogens is 280 g/mol. The predicted octanol–water partition coefficient (Wildman–Crippen LogP) is 3.59. The number of anilines is 1. The van der Waals surface area contributed by atoms with Crippen molar-refractivity contribution >= 4 is 35.8 Å². The van der Waals surface area contributed by atoms with Crippen molar-refractivity contribution in [2.24, 2.45) is 5.73 Å². The number of hydrogen-bond acceptors (Lipinski definition) is 3. The van der Waals surface area contributed by atoms with E-state index in [0.29, 0.717) is 0 Å². The van der Waals surface area contributed by atoms with E-state index in [-0.39, 0.29) is 23.1 Å². The number of thioether (sulfide) groups is 1. The van der Waals surface area contributed by atoms with E-state index in [4.69, 9.17) is 5.73 Å². The van der Waals surface area contributed by atoms with E-state index in [1.807, 2.05) is 30.8 Å². The molecule has 0 unspecified atom stereocenters. The van der Waals surface area contributed by atoms with Gasteiger partial charge < -0.3 is 11.1 Å². The summed E-state index contributed by atoms with van der Waals surface area (Å²) in [5, 5.41) is 2.83. The summed E-state index contributed by atoms with van der Waals surface area (Å²) < 4.78 is 0.184. The van der Waals surface area contributed by atoms with Gasteiger partial charge in [-0.15, -0.1) is 24.2 Å². The Kier molecular flexibility index (Phi) is 6.91. The Morgan fingerprint density at radius 2 is 1.95 bits per heavy atom. The minimum atomic E-state index is -0.493. The molecule has 19 heavy (non-hydrogen) atoms. The van der Waals surface area contributed by atoms with Crippen LogP contribution < -0.4 is 11.1 Å². The number of amides is 1. The zero-order valence-corrected chi connectivity index (χ0v) is 13.7. The highest BCUT2D eigenvalue weighted by atomic mass is 35.5. The maximum absolute atomic E-state index is 11.5. The van der Waals surface area contributed by atoms with E-state index in [2.05, 4.69) is 32.2 Å². The molecule has 0 saturated carbocycles. The van der Waals surface area contributed by atoms with Crippen molar-refractivity contribution in [3.8, 4) is 0 Å². The van der Waals surface area contributed by atoms with Crippen LogP contribution in [0.4, 0.5) is 5.69 Å². The zero-order chi connectivity index (χ0) is 13.9. The van der Waals surface area contributed by atoms with Crippen LogP contribution in [-0.2, 0) is 4.79 Å². The van der Waals surface area contributed by atoms with E-state index in [1.165, 1.54) is 4.90 Å².